The Morgan fingerprint density at radius 2 is 1.35 bits per heavy atom. The van der Waals surface area contributed by atoms with Gasteiger partial charge in [-0.3, -0.25) is 4.79 Å². The van der Waals surface area contributed by atoms with Gasteiger partial charge in [-0.05, 0) is 28.9 Å². The fraction of sp³-hybridized carbons (Fsp3) is 0.611. The molecule has 1 aromatic rings. The van der Waals surface area contributed by atoms with Crippen molar-refractivity contribution in [3.63, 3.8) is 0 Å². The van der Waals surface area contributed by atoms with Crippen molar-refractivity contribution >= 4 is 11.6 Å². The van der Waals surface area contributed by atoms with Crippen LogP contribution in [0.5, 0.6) is 0 Å². The average molecular weight is 275 g/mol. The van der Waals surface area contributed by atoms with Gasteiger partial charge >= 0.3 is 0 Å². The van der Waals surface area contributed by atoms with Crippen molar-refractivity contribution in [3.05, 3.63) is 29.3 Å². The summed E-state index contributed by atoms with van der Waals surface area (Å²) < 4.78 is 0. The van der Waals surface area contributed by atoms with E-state index in [4.69, 9.17) is 0 Å². The lowest BCUT2D eigenvalue weighted by atomic mass is 9.91. The van der Waals surface area contributed by atoms with Crippen LogP contribution in [0.15, 0.2) is 18.2 Å². The van der Waals surface area contributed by atoms with Crippen LogP contribution in [0.2, 0.25) is 0 Å². The molecule has 1 unspecified atom stereocenters. The van der Waals surface area contributed by atoms with Gasteiger partial charge < -0.3 is 5.32 Å². The van der Waals surface area contributed by atoms with Crippen molar-refractivity contribution in [2.75, 3.05) is 5.32 Å². The van der Waals surface area contributed by atoms with Crippen LogP contribution in [0.25, 0.3) is 0 Å². The maximum Gasteiger partial charge on any atom is 0.227 e. The fourth-order valence-electron chi connectivity index (χ4n) is 2.24. The summed E-state index contributed by atoms with van der Waals surface area (Å²) in [6, 6.07) is 6.32. The van der Waals surface area contributed by atoms with Gasteiger partial charge in [-0.1, -0.05) is 66.7 Å². The summed E-state index contributed by atoms with van der Waals surface area (Å²) >= 11 is 0. The molecule has 2 heteroatoms. The molecular weight excluding hydrogens is 246 g/mol. The Morgan fingerprint density at radius 1 is 0.900 bits per heavy atom. The first kappa shape index (κ1) is 16.7. The third kappa shape index (κ3) is 3.84. The molecule has 0 saturated carbocycles. The van der Waals surface area contributed by atoms with Gasteiger partial charge in [-0.25, -0.2) is 0 Å². The molecule has 0 aliphatic heterocycles. The maximum atomic E-state index is 12.4. The van der Waals surface area contributed by atoms with E-state index in [-0.39, 0.29) is 11.8 Å². The molecule has 0 spiro atoms. The van der Waals surface area contributed by atoms with Gasteiger partial charge in [-0.2, -0.15) is 0 Å². The van der Waals surface area contributed by atoms with E-state index < -0.39 is 0 Å². The summed E-state index contributed by atoms with van der Waals surface area (Å²) in [7, 11) is 0. The highest BCUT2D eigenvalue weighted by Crippen LogP contribution is 2.32. The van der Waals surface area contributed by atoms with Gasteiger partial charge in [0, 0.05) is 11.6 Å². The van der Waals surface area contributed by atoms with E-state index in [1.54, 1.807) is 0 Å². The SMILES string of the molecule is CC(C)c1cccc(C(C)C)c1NC(=O)C(C)C(C)C. The second kappa shape index (κ2) is 6.92. The Balaban J connectivity index is 3.17. The molecule has 0 radical (unpaired) electrons. The van der Waals surface area contributed by atoms with Crippen LogP contribution in [-0.4, -0.2) is 5.91 Å². The molecule has 0 aromatic heterocycles. The standard InChI is InChI=1S/C18H29NO/c1-11(2)14(7)18(20)19-17-15(12(3)4)9-8-10-16(17)13(5)6/h8-14H,1-7H3,(H,19,20). The molecule has 0 heterocycles. The first-order valence-corrected chi connectivity index (χ1v) is 7.69. The second-order valence-corrected chi connectivity index (χ2v) is 6.64. The minimum Gasteiger partial charge on any atom is -0.325 e. The lowest BCUT2D eigenvalue weighted by Gasteiger charge is -2.22. The third-order valence-electron chi connectivity index (χ3n) is 4.03. The maximum absolute atomic E-state index is 12.4. The topological polar surface area (TPSA) is 29.1 Å². The number of hydrogen-bond donors (Lipinski definition) is 1. The predicted octanol–water partition coefficient (Wildman–Crippen LogP) is 5.16. The Hall–Kier alpha value is -1.31. The van der Waals surface area contributed by atoms with Crippen LogP contribution < -0.4 is 5.32 Å². The van der Waals surface area contributed by atoms with Crippen LogP contribution in [0, 0.1) is 11.8 Å². The van der Waals surface area contributed by atoms with Crippen molar-refractivity contribution in [1.82, 2.24) is 0 Å². The number of carbonyl (C=O) groups excluding carboxylic acids is 1. The first-order chi connectivity index (χ1) is 9.25. The lowest BCUT2D eigenvalue weighted by molar-refractivity contribution is -0.120. The second-order valence-electron chi connectivity index (χ2n) is 6.64. The molecule has 112 valence electrons. The van der Waals surface area contributed by atoms with Gasteiger partial charge in [0.15, 0.2) is 0 Å². The van der Waals surface area contributed by atoms with Crippen molar-refractivity contribution in [2.45, 2.75) is 60.3 Å². The highest BCUT2D eigenvalue weighted by atomic mass is 16.1. The minimum atomic E-state index is 0.0234. The number of amides is 1. The Labute approximate surface area is 124 Å². The quantitative estimate of drug-likeness (QED) is 0.789. The molecule has 20 heavy (non-hydrogen) atoms. The van der Waals surface area contributed by atoms with Crippen molar-refractivity contribution < 1.29 is 4.79 Å². The Morgan fingerprint density at radius 3 is 1.70 bits per heavy atom. The Kier molecular flexibility index (Phi) is 5.79. The minimum absolute atomic E-state index is 0.0234. The summed E-state index contributed by atoms with van der Waals surface area (Å²) in [4.78, 5) is 12.4. The summed E-state index contributed by atoms with van der Waals surface area (Å²) in [5.41, 5.74) is 3.47. The van der Waals surface area contributed by atoms with E-state index in [0.717, 1.165) is 5.69 Å². The molecule has 1 amide bonds. The number of carbonyl (C=O) groups is 1. The van der Waals surface area contributed by atoms with Crippen molar-refractivity contribution in [1.29, 1.82) is 0 Å². The molecule has 1 aromatic carbocycles. The summed E-state index contributed by atoms with van der Waals surface area (Å²) in [6.07, 6.45) is 0. The zero-order chi connectivity index (χ0) is 15.4. The van der Waals surface area contributed by atoms with E-state index in [2.05, 4.69) is 65.1 Å². The van der Waals surface area contributed by atoms with E-state index in [9.17, 15) is 4.79 Å². The van der Waals surface area contributed by atoms with Crippen LogP contribution in [0.3, 0.4) is 0 Å². The van der Waals surface area contributed by atoms with Gasteiger partial charge in [-0.15, -0.1) is 0 Å². The van der Waals surface area contributed by atoms with Gasteiger partial charge in [0.25, 0.3) is 0 Å². The lowest BCUT2D eigenvalue weighted by Crippen LogP contribution is -2.25. The number of anilines is 1. The molecule has 1 N–H and O–H groups in total. The summed E-state index contributed by atoms with van der Waals surface area (Å²) in [6.45, 7) is 14.8. The molecule has 1 rings (SSSR count). The zero-order valence-electron chi connectivity index (χ0n) is 13.9. The van der Waals surface area contributed by atoms with Gasteiger partial charge in [0.2, 0.25) is 5.91 Å². The highest BCUT2D eigenvalue weighted by Gasteiger charge is 2.20. The number of benzene rings is 1. The smallest absolute Gasteiger partial charge is 0.227 e. The van der Waals surface area contributed by atoms with Crippen molar-refractivity contribution in [3.8, 4) is 0 Å². The molecule has 1 atom stereocenters. The molecule has 0 saturated heterocycles. The summed E-state index contributed by atoms with van der Waals surface area (Å²) in [5.74, 6) is 1.30. The largest absolute Gasteiger partial charge is 0.325 e. The zero-order valence-corrected chi connectivity index (χ0v) is 13.9. The van der Waals surface area contributed by atoms with Gasteiger partial charge in [0.05, 0.1) is 0 Å². The van der Waals surface area contributed by atoms with E-state index in [1.165, 1.54) is 11.1 Å². The summed E-state index contributed by atoms with van der Waals surface area (Å²) in [5, 5.41) is 3.18. The Bertz CT molecular complexity index is 434. The third-order valence-corrected chi connectivity index (χ3v) is 4.03. The van der Waals surface area contributed by atoms with Crippen LogP contribution in [0.4, 0.5) is 5.69 Å². The van der Waals surface area contributed by atoms with Crippen LogP contribution in [0.1, 0.15) is 71.4 Å². The molecule has 0 aliphatic rings. The van der Waals surface area contributed by atoms with Crippen LogP contribution >= 0.6 is 0 Å². The predicted molar refractivity (Wildman–Crippen MR) is 87.3 cm³/mol. The number of hydrogen-bond acceptors (Lipinski definition) is 1. The first-order valence-electron chi connectivity index (χ1n) is 7.69. The molecule has 0 bridgehead atoms. The highest BCUT2D eigenvalue weighted by molar-refractivity contribution is 5.94. The monoisotopic (exact) mass is 275 g/mol. The van der Waals surface area contributed by atoms with E-state index >= 15 is 0 Å². The van der Waals surface area contributed by atoms with Crippen molar-refractivity contribution in [2.24, 2.45) is 11.8 Å². The number of nitrogens with one attached hydrogen (secondary N) is 1. The van der Waals surface area contributed by atoms with E-state index in [0.29, 0.717) is 17.8 Å². The molecule has 0 fully saturated rings. The normalized spacial score (nSPS) is 13.1. The molecule has 2 nitrogen and oxygen atoms in total. The number of rotatable bonds is 5. The fourth-order valence-corrected chi connectivity index (χ4v) is 2.24. The molecule has 0 aliphatic carbocycles. The average Bonchev–Trinajstić information content (AvgIpc) is 2.37. The van der Waals surface area contributed by atoms with E-state index in [1.807, 2.05) is 6.92 Å². The van der Waals surface area contributed by atoms with Crippen LogP contribution in [-0.2, 0) is 4.79 Å². The number of para-hydroxylation sites is 1. The van der Waals surface area contributed by atoms with Gasteiger partial charge in [0.1, 0.15) is 0 Å². The molecular formula is C18H29NO.